The van der Waals surface area contributed by atoms with E-state index in [2.05, 4.69) is 25.6 Å². The van der Waals surface area contributed by atoms with Crippen LogP contribution in [0.4, 0.5) is 23.1 Å². The molecule has 4 rings (SSSR count). The molecule has 7 heteroatoms. The van der Waals surface area contributed by atoms with Crippen molar-refractivity contribution in [1.29, 1.82) is 0 Å². The molecule has 29 heavy (non-hydrogen) atoms. The number of methoxy groups -OCH3 is 2. The van der Waals surface area contributed by atoms with Crippen LogP contribution in [0.3, 0.4) is 0 Å². The van der Waals surface area contributed by atoms with Gasteiger partial charge in [-0.15, -0.1) is 0 Å². The summed E-state index contributed by atoms with van der Waals surface area (Å²) in [5.74, 6) is 2.51. The van der Waals surface area contributed by atoms with Gasteiger partial charge >= 0.3 is 0 Å². The average molecular weight is 387 g/mol. The number of hydrogen-bond acceptors (Lipinski definition) is 7. The van der Waals surface area contributed by atoms with Gasteiger partial charge in [0.2, 0.25) is 5.95 Å². The number of aromatic nitrogens is 3. The lowest BCUT2D eigenvalue weighted by Crippen LogP contribution is -2.03. The Labute approximate surface area is 168 Å². The molecule has 146 valence electrons. The third-order valence-corrected chi connectivity index (χ3v) is 4.40. The van der Waals surface area contributed by atoms with Gasteiger partial charge in [0.15, 0.2) is 0 Å². The second kappa shape index (κ2) is 8.02. The van der Waals surface area contributed by atoms with E-state index in [0.29, 0.717) is 17.5 Å². The maximum Gasteiger partial charge on any atom is 0.229 e. The summed E-state index contributed by atoms with van der Waals surface area (Å²) in [7, 11) is 3.24. The minimum Gasteiger partial charge on any atom is -0.497 e. The average Bonchev–Trinajstić information content (AvgIpc) is 2.74. The van der Waals surface area contributed by atoms with E-state index in [4.69, 9.17) is 9.47 Å². The second-order valence-corrected chi connectivity index (χ2v) is 6.42. The van der Waals surface area contributed by atoms with Gasteiger partial charge in [-0.05, 0) is 31.2 Å². The quantitative estimate of drug-likeness (QED) is 0.490. The molecule has 0 bridgehead atoms. The molecule has 2 aromatic carbocycles. The normalized spacial score (nSPS) is 10.6. The Bertz CT molecular complexity index is 1160. The van der Waals surface area contributed by atoms with Crippen LogP contribution < -0.4 is 20.1 Å². The second-order valence-electron chi connectivity index (χ2n) is 6.42. The summed E-state index contributed by atoms with van der Waals surface area (Å²) in [6, 6.07) is 17.3. The van der Waals surface area contributed by atoms with Gasteiger partial charge in [0, 0.05) is 29.4 Å². The fraction of sp³-hybridized carbons (Fsp3) is 0.136. The van der Waals surface area contributed by atoms with Crippen LogP contribution in [0.2, 0.25) is 0 Å². The van der Waals surface area contributed by atoms with Crippen LogP contribution in [-0.4, -0.2) is 29.2 Å². The molecule has 0 unspecified atom stereocenters. The third kappa shape index (κ3) is 4.03. The van der Waals surface area contributed by atoms with Gasteiger partial charge in [0.25, 0.3) is 0 Å². The molecule has 7 nitrogen and oxygen atoms in total. The summed E-state index contributed by atoms with van der Waals surface area (Å²) >= 11 is 0. The topological polar surface area (TPSA) is 81.2 Å². The van der Waals surface area contributed by atoms with Gasteiger partial charge in [-0.25, -0.2) is 4.98 Å². The fourth-order valence-corrected chi connectivity index (χ4v) is 3.05. The molecule has 2 aromatic heterocycles. The van der Waals surface area contributed by atoms with Crippen molar-refractivity contribution < 1.29 is 9.47 Å². The van der Waals surface area contributed by atoms with Gasteiger partial charge in [0.05, 0.1) is 31.1 Å². The smallest absolute Gasteiger partial charge is 0.229 e. The van der Waals surface area contributed by atoms with E-state index in [0.717, 1.165) is 33.7 Å². The predicted molar refractivity (Wildman–Crippen MR) is 115 cm³/mol. The summed E-state index contributed by atoms with van der Waals surface area (Å²) in [5, 5.41) is 7.62. The first-order chi connectivity index (χ1) is 14.2. The van der Waals surface area contributed by atoms with Crippen molar-refractivity contribution in [2.75, 3.05) is 24.9 Å². The monoisotopic (exact) mass is 387 g/mol. The number of rotatable bonds is 6. The Kier molecular flexibility index (Phi) is 5.11. The molecule has 0 amide bonds. The molecular formula is C22H21N5O2. The third-order valence-electron chi connectivity index (χ3n) is 4.40. The highest BCUT2D eigenvalue weighted by Gasteiger charge is 2.09. The summed E-state index contributed by atoms with van der Waals surface area (Å²) in [5.41, 5.74) is 3.32. The minimum atomic E-state index is 0.484. The first-order valence-corrected chi connectivity index (χ1v) is 9.12. The Morgan fingerprint density at radius 3 is 2.52 bits per heavy atom. The molecule has 0 saturated heterocycles. The van der Waals surface area contributed by atoms with E-state index in [1.54, 1.807) is 20.4 Å². The number of hydrogen-bond donors (Lipinski definition) is 2. The molecular weight excluding hydrogens is 366 g/mol. The van der Waals surface area contributed by atoms with Crippen molar-refractivity contribution in [2.24, 2.45) is 0 Å². The van der Waals surface area contributed by atoms with Crippen LogP contribution in [0.1, 0.15) is 5.69 Å². The number of aryl methyl sites for hydroxylation is 1. The van der Waals surface area contributed by atoms with Gasteiger partial charge in [-0.2, -0.15) is 4.98 Å². The summed E-state index contributed by atoms with van der Waals surface area (Å²) in [4.78, 5) is 13.6. The van der Waals surface area contributed by atoms with E-state index in [-0.39, 0.29) is 0 Å². The fourth-order valence-electron chi connectivity index (χ4n) is 3.05. The van der Waals surface area contributed by atoms with Gasteiger partial charge in [0.1, 0.15) is 17.3 Å². The Morgan fingerprint density at radius 2 is 1.69 bits per heavy atom. The zero-order valence-corrected chi connectivity index (χ0v) is 16.4. The maximum atomic E-state index is 5.45. The van der Waals surface area contributed by atoms with Crippen molar-refractivity contribution in [3.8, 4) is 11.5 Å². The van der Waals surface area contributed by atoms with Crippen LogP contribution in [0.15, 0.2) is 60.8 Å². The molecule has 0 fully saturated rings. The SMILES string of the molecule is COc1ccc(Nc2cc(C)nc(Nc3cccc4cccnc34)n2)c(OC)c1. The number of benzene rings is 2. The van der Waals surface area contributed by atoms with E-state index in [1.807, 2.05) is 61.5 Å². The number of nitrogens with one attached hydrogen (secondary N) is 2. The molecule has 2 N–H and O–H groups in total. The summed E-state index contributed by atoms with van der Waals surface area (Å²) in [6.45, 7) is 1.92. The molecule has 0 aliphatic rings. The van der Waals surface area contributed by atoms with Gasteiger partial charge in [-0.3, -0.25) is 4.98 Å². The number of nitrogens with zero attached hydrogens (tertiary/aromatic N) is 3. The molecule has 0 atom stereocenters. The first kappa shape index (κ1) is 18.5. The van der Waals surface area contributed by atoms with Gasteiger partial charge in [-0.1, -0.05) is 18.2 Å². The number of pyridine rings is 1. The Balaban J connectivity index is 1.65. The highest BCUT2D eigenvalue weighted by Crippen LogP contribution is 2.31. The zero-order chi connectivity index (χ0) is 20.2. The molecule has 0 spiro atoms. The van der Waals surface area contributed by atoms with Crippen LogP contribution in [0.5, 0.6) is 11.5 Å². The van der Waals surface area contributed by atoms with Gasteiger partial charge < -0.3 is 20.1 Å². The van der Waals surface area contributed by atoms with E-state index in [9.17, 15) is 0 Å². The summed E-state index contributed by atoms with van der Waals surface area (Å²) in [6.07, 6.45) is 1.77. The lowest BCUT2D eigenvalue weighted by molar-refractivity contribution is 0.395. The highest BCUT2D eigenvalue weighted by atomic mass is 16.5. The number of ether oxygens (including phenoxy) is 2. The molecule has 4 aromatic rings. The lowest BCUT2D eigenvalue weighted by atomic mass is 10.2. The van der Waals surface area contributed by atoms with Crippen molar-refractivity contribution >= 4 is 34.0 Å². The van der Waals surface area contributed by atoms with Crippen LogP contribution >= 0.6 is 0 Å². The predicted octanol–water partition coefficient (Wildman–Crippen LogP) is 4.84. The van der Waals surface area contributed by atoms with E-state index < -0.39 is 0 Å². The van der Waals surface area contributed by atoms with Crippen molar-refractivity contribution in [2.45, 2.75) is 6.92 Å². The standard InChI is InChI=1S/C22H21N5O2/c1-14-12-20(25-17-10-9-16(28-2)13-19(17)29-3)27-22(24-14)26-18-8-4-6-15-7-5-11-23-21(15)18/h4-13H,1-3H3,(H2,24,25,26,27). The Hall–Kier alpha value is -3.87. The number of para-hydroxylation sites is 1. The minimum absolute atomic E-state index is 0.484. The molecule has 2 heterocycles. The van der Waals surface area contributed by atoms with E-state index >= 15 is 0 Å². The van der Waals surface area contributed by atoms with Crippen LogP contribution in [0.25, 0.3) is 10.9 Å². The van der Waals surface area contributed by atoms with Crippen molar-refractivity contribution in [1.82, 2.24) is 15.0 Å². The summed E-state index contributed by atoms with van der Waals surface area (Å²) < 4.78 is 10.7. The largest absolute Gasteiger partial charge is 0.497 e. The molecule has 0 radical (unpaired) electrons. The van der Waals surface area contributed by atoms with Crippen LogP contribution in [0, 0.1) is 6.92 Å². The first-order valence-electron chi connectivity index (χ1n) is 9.12. The van der Waals surface area contributed by atoms with Crippen molar-refractivity contribution in [3.05, 3.63) is 66.5 Å². The number of fused-ring (bicyclic) bond motifs is 1. The number of anilines is 4. The molecule has 0 aliphatic carbocycles. The van der Waals surface area contributed by atoms with Crippen molar-refractivity contribution in [3.63, 3.8) is 0 Å². The van der Waals surface area contributed by atoms with E-state index in [1.165, 1.54) is 0 Å². The Morgan fingerprint density at radius 1 is 0.828 bits per heavy atom. The zero-order valence-electron chi connectivity index (χ0n) is 16.4. The van der Waals surface area contributed by atoms with Crippen LogP contribution in [-0.2, 0) is 0 Å². The maximum absolute atomic E-state index is 5.45. The lowest BCUT2D eigenvalue weighted by Gasteiger charge is -2.14. The molecule has 0 saturated carbocycles. The molecule has 0 aliphatic heterocycles. The highest BCUT2D eigenvalue weighted by molar-refractivity contribution is 5.91.